The summed E-state index contributed by atoms with van der Waals surface area (Å²) in [5.74, 6) is 1.28. The van der Waals surface area contributed by atoms with Gasteiger partial charge >= 0.3 is 0 Å². The molecule has 6 heteroatoms. The molecule has 30 heavy (non-hydrogen) atoms. The van der Waals surface area contributed by atoms with E-state index >= 15 is 0 Å². The average molecular weight is 404 g/mol. The number of hydrogen-bond acceptors (Lipinski definition) is 4. The van der Waals surface area contributed by atoms with Crippen LogP contribution in [-0.2, 0) is 24.2 Å². The van der Waals surface area contributed by atoms with E-state index in [9.17, 15) is 4.79 Å². The Morgan fingerprint density at radius 2 is 1.97 bits per heavy atom. The average Bonchev–Trinajstić information content (AvgIpc) is 3.17. The fraction of sp³-hybridized carbons (Fsp3) is 0.458. The molecular weight excluding hydrogens is 374 g/mol. The van der Waals surface area contributed by atoms with E-state index in [2.05, 4.69) is 29.3 Å². The molecule has 0 spiro atoms. The minimum Gasteiger partial charge on any atom is -0.355 e. The number of nitrogens with zero attached hydrogens (tertiary/aromatic N) is 4. The lowest BCUT2D eigenvalue weighted by atomic mass is 9.94. The fourth-order valence-electron chi connectivity index (χ4n) is 4.87. The highest BCUT2D eigenvalue weighted by molar-refractivity contribution is 5.79. The van der Waals surface area contributed by atoms with Crippen LogP contribution in [0.25, 0.3) is 5.52 Å². The first kappa shape index (κ1) is 19.1. The Bertz CT molecular complexity index is 1060. The molecule has 1 N–H and O–H groups in total. The van der Waals surface area contributed by atoms with Gasteiger partial charge in [0.1, 0.15) is 5.52 Å². The van der Waals surface area contributed by atoms with E-state index in [1.807, 2.05) is 29.0 Å². The van der Waals surface area contributed by atoms with Crippen LogP contribution in [-0.4, -0.2) is 33.6 Å². The van der Waals surface area contributed by atoms with Gasteiger partial charge in [0, 0.05) is 43.5 Å². The maximum Gasteiger partial charge on any atom is 0.223 e. The first-order chi connectivity index (χ1) is 14.7. The zero-order chi connectivity index (χ0) is 20.5. The minimum atomic E-state index is 0.0730. The lowest BCUT2D eigenvalue weighted by Gasteiger charge is -2.32. The Balaban J connectivity index is 1.26. The second kappa shape index (κ2) is 8.09. The second-order valence-electron chi connectivity index (χ2n) is 8.58. The van der Waals surface area contributed by atoms with Gasteiger partial charge in [0.05, 0.1) is 5.69 Å². The van der Waals surface area contributed by atoms with E-state index in [0.29, 0.717) is 6.54 Å². The molecule has 156 valence electrons. The quantitative estimate of drug-likeness (QED) is 0.725. The van der Waals surface area contributed by atoms with Crippen molar-refractivity contribution in [1.29, 1.82) is 0 Å². The lowest BCUT2D eigenvalue weighted by Crippen LogP contribution is -2.41. The van der Waals surface area contributed by atoms with Crippen LogP contribution < -0.4 is 10.2 Å². The predicted molar refractivity (Wildman–Crippen MR) is 118 cm³/mol. The van der Waals surface area contributed by atoms with Crippen molar-refractivity contribution in [1.82, 2.24) is 19.9 Å². The molecule has 0 radical (unpaired) electrons. The van der Waals surface area contributed by atoms with E-state index in [1.54, 1.807) is 0 Å². The number of hydrogen-bond donors (Lipinski definition) is 1. The third-order valence-corrected chi connectivity index (χ3v) is 6.68. The number of anilines is 1. The summed E-state index contributed by atoms with van der Waals surface area (Å²) in [5, 5.41) is 7.94. The van der Waals surface area contributed by atoms with Crippen molar-refractivity contribution in [3.63, 3.8) is 0 Å². The molecular formula is C24H29N5O. The maximum atomic E-state index is 12.7. The zero-order valence-electron chi connectivity index (χ0n) is 17.6. The Labute approximate surface area is 177 Å². The van der Waals surface area contributed by atoms with Crippen molar-refractivity contribution < 1.29 is 4.79 Å². The van der Waals surface area contributed by atoms with Crippen LogP contribution >= 0.6 is 0 Å². The lowest BCUT2D eigenvalue weighted by molar-refractivity contribution is -0.125. The van der Waals surface area contributed by atoms with E-state index in [1.165, 1.54) is 40.7 Å². The van der Waals surface area contributed by atoms with E-state index in [0.717, 1.165) is 44.6 Å². The standard InChI is InChI=1S/C24H29N5O/c1-17-6-2-3-7-19(17)16-26-24(30)18-10-13-28(14-11-18)23-22-20-8-4-5-9-21(20)27-29(22)15-12-25-23/h2-3,6-7,12,15,18H,4-5,8-11,13-14,16H2,1H3,(H,26,30). The van der Waals surface area contributed by atoms with Crippen molar-refractivity contribution in [2.75, 3.05) is 18.0 Å². The highest BCUT2D eigenvalue weighted by Crippen LogP contribution is 2.32. The van der Waals surface area contributed by atoms with Gasteiger partial charge in [-0.25, -0.2) is 9.50 Å². The van der Waals surface area contributed by atoms with Gasteiger partial charge in [0.15, 0.2) is 5.82 Å². The largest absolute Gasteiger partial charge is 0.355 e. The van der Waals surface area contributed by atoms with Gasteiger partial charge < -0.3 is 10.2 Å². The van der Waals surface area contributed by atoms with Gasteiger partial charge in [-0.2, -0.15) is 5.10 Å². The van der Waals surface area contributed by atoms with Gasteiger partial charge in [0.25, 0.3) is 0 Å². The summed E-state index contributed by atoms with van der Waals surface area (Å²) in [6, 6.07) is 8.22. The number of aryl methyl sites for hydroxylation is 3. The van der Waals surface area contributed by atoms with Crippen LogP contribution in [0.5, 0.6) is 0 Å². The number of piperidine rings is 1. The van der Waals surface area contributed by atoms with E-state index < -0.39 is 0 Å². The van der Waals surface area contributed by atoms with Crippen molar-refractivity contribution in [2.45, 2.75) is 52.0 Å². The molecule has 0 atom stereocenters. The molecule has 1 aromatic carbocycles. The van der Waals surface area contributed by atoms with E-state index in [-0.39, 0.29) is 11.8 Å². The number of carbonyl (C=O) groups excluding carboxylic acids is 1. The number of aromatic nitrogens is 3. The van der Waals surface area contributed by atoms with Crippen molar-refractivity contribution in [3.05, 3.63) is 59.0 Å². The van der Waals surface area contributed by atoms with Gasteiger partial charge in [-0.3, -0.25) is 4.79 Å². The number of benzene rings is 1. The van der Waals surface area contributed by atoms with Gasteiger partial charge in [-0.1, -0.05) is 24.3 Å². The minimum absolute atomic E-state index is 0.0730. The topological polar surface area (TPSA) is 62.5 Å². The molecule has 1 aliphatic heterocycles. The molecule has 5 rings (SSSR count). The molecule has 3 heterocycles. The predicted octanol–water partition coefficient (Wildman–Crippen LogP) is 3.45. The van der Waals surface area contributed by atoms with E-state index in [4.69, 9.17) is 10.1 Å². The Kier molecular flexibility index (Phi) is 5.15. The first-order valence-corrected chi connectivity index (χ1v) is 11.1. The maximum absolute atomic E-state index is 12.7. The SMILES string of the molecule is Cc1ccccc1CNC(=O)C1CCN(c2nccn3nc4c(c23)CCCC4)CC1. The Hall–Kier alpha value is -2.89. The highest BCUT2D eigenvalue weighted by Gasteiger charge is 2.28. The number of fused-ring (bicyclic) bond motifs is 3. The molecule has 2 aliphatic rings. The smallest absolute Gasteiger partial charge is 0.223 e. The molecule has 1 amide bonds. The third kappa shape index (κ3) is 3.55. The van der Waals surface area contributed by atoms with Gasteiger partial charge in [0.2, 0.25) is 5.91 Å². The zero-order valence-corrected chi connectivity index (χ0v) is 17.6. The van der Waals surface area contributed by atoms with Crippen LogP contribution in [0.4, 0.5) is 5.82 Å². The number of rotatable bonds is 4. The molecule has 1 aliphatic carbocycles. The van der Waals surface area contributed by atoms with Crippen molar-refractivity contribution in [3.8, 4) is 0 Å². The molecule has 2 aromatic heterocycles. The van der Waals surface area contributed by atoms with Crippen LogP contribution in [0.2, 0.25) is 0 Å². The van der Waals surface area contributed by atoms with Crippen LogP contribution in [0.15, 0.2) is 36.7 Å². The molecule has 0 unspecified atom stereocenters. The summed E-state index contributed by atoms with van der Waals surface area (Å²) in [5.41, 5.74) is 6.19. The normalized spacial score (nSPS) is 17.2. The monoisotopic (exact) mass is 403 g/mol. The summed E-state index contributed by atoms with van der Waals surface area (Å²) in [4.78, 5) is 19.8. The molecule has 3 aromatic rings. The number of carbonyl (C=O) groups is 1. The fourth-order valence-corrected chi connectivity index (χ4v) is 4.87. The summed E-state index contributed by atoms with van der Waals surface area (Å²) >= 11 is 0. The second-order valence-corrected chi connectivity index (χ2v) is 8.58. The molecule has 1 fully saturated rings. The number of amides is 1. The summed E-state index contributed by atoms with van der Waals surface area (Å²) in [7, 11) is 0. The summed E-state index contributed by atoms with van der Waals surface area (Å²) in [6.45, 7) is 4.40. The van der Waals surface area contributed by atoms with Gasteiger partial charge in [-0.05, 0) is 56.6 Å². The highest BCUT2D eigenvalue weighted by atomic mass is 16.1. The first-order valence-electron chi connectivity index (χ1n) is 11.1. The van der Waals surface area contributed by atoms with Crippen molar-refractivity contribution in [2.24, 2.45) is 5.92 Å². The molecule has 0 saturated carbocycles. The summed E-state index contributed by atoms with van der Waals surface area (Å²) < 4.78 is 2.01. The molecule has 1 saturated heterocycles. The Morgan fingerprint density at radius 3 is 2.80 bits per heavy atom. The van der Waals surface area contributed by atoms with Gasteiger partial charge in [-0.15, -0.1) is 0 Å². The van der Waals surface area contributed by atoms with Crippen LogP contribution in [0.3, 0.4) is 0 Å². The molecule has 0 bridgehead atoms. The summed E-state index contributed by atoms with van der Waals surface area (Å²) in [6.07, 6.45) is 10.1. The van der Waals surface area contributed by atoms with Crippen LogP contribution in [0.1, 0.15) is 48.1 Å². The Morgan fingerprint density at radius 1 is 1.17 bits per heavy atom. The third-order valence-electron chi connectivity index (χ3n) is 6.68. The van der Waals surface area contributed by atoms with Crippen LogP contribution in [0, 0.1) is 12.8 Å². The number of nitrogens with one attached hydrogen (secondary N) is 1. The molecule has 6 nitrogen and oxygen atoms in total. The van der Waals surface area contributed by atoms with Crippen molar-refractivity contribution >= 4 is 17.2 Å².